The maximum Gasteiger partial charge on any atom is 0.266 e. The van der Waals surface area contributed by atoms with Crippen LogP contribution in [0.2, 0.25) is 10.0 Å². The molecular formula is C22H25Cl2NO2. The van der Waals surface area contributed by atoms with Gasteiger partial charge in [0.05, 0.1) is 0 Å². The first-order chi connectivity index (χ1) is 12.8. The van der Waals surface area contributed by atoms with Gasteiger partial charge in [0.2, 0.25) is 0 Å². The monoisotopic (exact) mass is 405 g/mol. The van der Waals surface area contributed by atoms with Crippen molar-refractivity contribution in [1.29, 1.82) is 0 Å². The van der Waals surface area contributed by atoms with Crippen LogP contribution in [0, 0.1) is 0 Å². The summed E-state index contributed by atoms with van der Waals surface area (Å²) in [7, 11) is 0. The predicted octanol–water partition coefficient (Wildman–Crippen LogP) is 5.95. The van der Waals surface area contributed by atoms with E-state index in [0.29, 0.717) is 23.2 Å². The molecule has 1 fully saturated rings. The quantitative estimate of drug-likeness (QED) is 0.628. The van der Waals surface area contributed by atoms with Crippen LogP contribution in [0.1, 0.15) is 44.6 Å². The van der Waals surface area contributed by atoms with Crippen molar-refractivity contribution < 1.29 is 9.53 Å². The van der Waals surface area contributed by atoms with Crippen LogP contribution in [-0.2, 0) is 4.79 Å². The van der Waals surface area contributed by atoms with Crippen molar-refractivity contribution in [3.8, 4) is 5.75 Å². The van der Waals surface area contributed by atoms with E-state index in [0.717, 1.165) is 30.8 Å². The number of ether oxygens (including phenoxy) is 1. The summed E-state index contributed by atoms with van der Waals surface area (Å²) in [5, 5.41) is 1.38. The highest BCUT2D eigenvalue weighted by Crippen LogP contribution is 2.30. The minimum absolute atomic E-state index is 0.0123. The van der Waals surface area contributed by atoms with Crippen LogP contribution in [0.3, 0.4) is 0 Å². The fourth-order valence-corrected chi connectivity index (χ4v) is 3.81. The highest BCUT2D eigenvalue weighted by atomic mass is 35.5. The second kappa shape index (κ2) is 8.53. The molecule has 1 unspecified atom stereocenters. The third-order valence-electron chi connectivity index (χ3n) is 5.00. The summed E-state index contributed by atoms with van der Waals surface area (Å²) in [6.07, 6.45) is 3.19. The molecule has 27 heavy (non-hydrogen) atoms. The first kappa shape index (κ1) is 20.0. The zero-order valence-corrected chi connectivity index (χ0v) is 17.3. The summed E-state index contributed by atoms with van der Waals surface area (Å²) in [5.74, 6) is 0.972. The molecule has 1 saturated heterocycles. The van der Waals surface area contributed by atoms with E-state index < -0.39 is 5.60 Å². The minimum Gasteiger partial charge on any atom is -0.478 e. The Hall–Kier alpha value is -1.71. The minimum atomic E-state index is -0.942. The smallest absolute Gasteiger partial charge is 0.266 e. The van der Waals surface area contributed by atoms with Crippen molar-refractivity contribution >= 4 is 29.1 Å². The van der Waals surface area contributed by atoms with Crippen LogP contribution in [0.5, 0.6) is 5.75 Å². The zero-order chi connectivity index (χ0) is 19.4. The maximum absolute atomic E-state index is 13.2. The van der Waals surface area contributed by atoms with Crippen LogP contribution >= 0.6 is 23.2 Å². The van der Waals surface area contributed by atoms with E-state index in [4.69, 9.17) is 27.9 Å². The first-order valence-electron chi connectivity index (χ1n) is 9.34. The largest absolute Gasteiger partial charge is 0.478 e. The number of halogens is 2. The molecule has 2 aromatic rings. The third-order valence-corrected chi connectivity index (χ3v) is 5.51. The van der Waals surface area contributed by atoms with Crippen molar-refractivity contribution in [3.05, 3.63) is 64.1 Å². The third kappa shape index (κ3) is 5.18. The van der Waals surface area contributed by atoms with Gasteiger partial charge in [-0.1, -0.05) is 41.8 Å². The van der Waals surface area contributed by atoms with Crippen LogP contribution in [-0.4, -0.2) is 29.5 Å². The Morgan fingerprint density at radius 2 is 1.59 bits per heavy atom. The van der Waals surface area contributed by atoms with E-state index in [1.807, 2.05) is 30.9 Å². The number of rotatable bonds is 4. The fraction of sp³-hybridized carbons (Fsp3) is 0.409. The molecule has 0 saturated carbocycles. The molecule has 1 amide bonds. The SMILES string of the molecule is CC(C)(Oc1ccc(Cl)cc1)C(=O)N1CCCCC(c2ccc(Cl)cc2)C1. The normalized spacial score (nSPS) is 18.1. The number of hydrogen-bond donors (Lipinski definition) is 0. The molecule has 0 aromatic heterocycles. The van der Waals surface area contributed by atoms with Crippen LogP contribution < -0.4 is 4.74 Å². The fourth-order valence-electron chi connectivity index (χ4n) is 3.56. The Morgan fingerprint density at radius 3 is 2.22 bits per heavy atom. The molecule has 0 aliphatic carbocycles. The van der Waals surface area contributed by atoms with Gasteiger partial charge in [0.15, 0.2) is 5.60 Å². The van der Waals surface area contributed by atoms with Gasteiger partial charge in [0.25, 0.3) is 5.91 Å². The Morgan fingerprint density at radius 1 is 1.00 bits per heavy atom. The van der Waals surface area contributed by atoms with Gasteiger partial charge in [-0.3, -0.25) is 4.79 Å². The Kier molecular flexibility index (Phi) is 6.33. The molecule has 3 nitrogen and oxygen atoms in total. The molecule has 1 aliphatic heterocycles. The number of amides is 1. The lowest BCUT2D eigenvalue weighted by Gasteiger charge is -2.33. The number of carbonyl (C=O) groups excluding carboxylic acids is 1. The molecule has 5 heteroatoms. The Balaban J connectivity index is 1.73. The van der Waals surface area contributed by atoms with Gasteiger partial charge in [-0.2, -0.15) is 0 Å². The van der Waals surface area contributed by atoms with Crippen LogP contribution in [0.15, 0.2) is 48.5 Å². The van der Waals surface area contributed by atoms with E-state index >= 15 is 0 Å². The number of carbonyl (C=O) groups is 1. The molecule has 0 N–H and O–H groups in total. The molecule has 0 radical (unpaired) electrons. The summed E-state index contributed by atoms with van der Waals surface area (Å²) in [5.41, 5.74) is 0.290. The number of hydrogen-bond acceptors (Lipinski definition) is 2. The topological polar surface area (TPSA) is 29.5 Å². The van der Waals surface area contributed by atoms with Crippen molar-refractivity contribution in [1.82, 2.24) is 4.90 Å². The molecule has 1 aliphatic rings. The van der Waals surface area contributed by atoms with Crippen LogP contribution in [0.4, 0.5) is 0 Å². The maximum atomic E-state index is 13.2. The summed E-state index contributed by atoms with van der Waals surface area (Å²) in [4.78, 5) is 15.2. The van der Waals surface area contributed by atoms with Crippen molar-refractivity contribution in [2.75, 3.05) is 13.1 Å². The van der Waals surface area contributed by atoms with Crippen molar-refractivity contribution in [2.45, 2.75) is 44.6 Å². The summed E-state index contributed by atoms with van der Waals surface area (Å²) < 4.78 is 6.00. The summed E-state index contributed by atoms with van der Waals surface area (Å²) in [6, 6.07) is 15.1. The van der Waals surface area contributed by atoms with Gasteiger partial charge in [-0.25, -0.2) is 0 Å². The lowest BCUT2D eigenvalue weighted by atomic mass is 9.94. The predicted molar refractivity (Wildman–Crippen MR) is 111 cm³/mol. The van der Waals surface area contributed by atoms with E-state index in [9.17, 15) is 4.79 Å². The van der Waals surface area contributed by atoms with Gasteiger partial charge >= 0.3 is 0 Å². The molecule has 0 bridgehead atoms. The highest BCUT2D eigenvalue weighted by molar-refractivity contribution is 6.30. The van der Waals surface area contributed by atoms with Gasteiger partial charge in [0, 0.05) is 29.1 Å². The first-order valence-corrected chi connectivity index (χ1v) is 10.1. The highest BCUT2D eigenvalue weighted by Gasteiger charge is 2.36. The summed E-state index contributed by atoms with van der Waals surface area (Å²) >= 11 is 11.9. The van der Waals surface area contributed by atoms with Crippen LogP contribution in [0.25, 0.3) is 0 Å². The molecule has 1 heterocycles. The van der Waals surface area contributed by atoms with E-state index in [1.54, 1.807) is 24.3 Å². The molecule has 144 valence electrons. The van der Waals surface area contributed by atoms with Gasteiger partial charge in [0.1, 0.15) is 5.75 Å². The second-order valence-electron chi connectivity index (χ2n) is 7.56. The molecule has 1 atom stereocenters. The van der Waals surface area contributed by atoms with Crippen molar-refractivity contribution in [3.63, 3.8) is 0 Å². The molecule has 3 rings (SSSR count). The molecular weight excluding hydrogens is 381 g/mol. The Labute approximate surface area is 171 Å². The summed E-state index contributed by atoms with van der Waals surface area (Å²) in [6.45, 7) is 5.11. The van der Waals surface area contributed by atoms with E-state index in [1.165, 1.54) is 5.56 Å². The van der Waals surface area contributed by atoms with Gasteiger partial charge in [-0.15, -0.1) is 0 Å². The molecule has 2 aromatic carbocycles. The van der Waals surface area contributed by atoms with Crippen molar-refractivity contribution in [2.24, 2.45) is 0 Å². The standard InChI is InChI=1S/C22H25Cl2NO2/c1-22(2,27-20-12-10-19(24)11-13-20)21(26)25-14-4-3-5-17(15-25)16-6-8-18(23)9-7-16/h6-13,17H,3-5,14-15H2,1-2H3. The second-order valence-corrected chi connectivity index (χ2v) is 8.43. The van der Waals surface area contributed by atoms with Gasteiger partial charge in [-0.05, 0) is 68.7 Å². The zero-order valence-electron chi connectivity index (χ0n) is 15.8. The molecule has 0 spiro atoms. The van der Waals surface area contributed by atoms with Gasteiger partial charge < -0.3 is 9.64 Å². The van der Waals surface area contributed by atoms with E-state index in [2.05, 4.69) is 12.1 Å². The number of benzene rings is 2. The average molecular weight is 406 g/mol. The average Bonchev–Trinajstić information content (AvgIpc) is 2.89. The number of likely N-dealkylation sites (tertiary alicyclic amines) is 1. The Bertz CT molecular complexity index is 772. The number of nitrogens with zero attached hydrogens (tertiary/aromatic N) is 1. The van der Waals surface area contributed by atoms with E-state index in [-0.39, 0.29) is 5.91 Å². The lowest BCUT2D eigenvalue weighted by Crippen LogP contribution is -2.49. The lowest BCUT2D eigenvalue weighted by molar-refractivity contribution is -0.145.